The van der Waals surface area contributed by atoms with Gasteiger partial charge in [0.25, 0.3) is 6.21 Å². The summed E-state index contributed by atoms with van der Waals surface area (Å²) in [6, 6.07) is 5.54. The molecule has 2 unspecified atom stereocenters. The first-order chi connectivity index (χ1) is 9.77. The van der Waals surface area contributed by atoms with Crippen molar-refractivity contribution in [3.05, 3.63) is 28.8 Å². The molecule has 1 aromatic carbocycles. The maximum atomic E-state index is 11.9. The second kappa shape index (κ2) is 6.45. The van der Waals surface area contributed by atoms with Crippen molar-refractivity contribution in [3.8, 4) is 0 Å². The van der Waals surface area contributed by atoms with Crippen LogP contribution in [0.4, 0.5) is 5.69 Å². The van der Waals surface area contributed by atoms with Gasteiger partial charge in [-0.2, -0.15) is 0 Å². The number of aliphatic imine (C=N–C) groups is 1. The van der Waals surface area contributed by atoms with Crippen molar-refractivity contribution in [1.29, 1.82) is 0 Å². The SMILES string of the molecule is CC(C)(C)S(=O)C=[N+]=CC1Cc2cc(Cl)ccc2N=C1Cl. The minimum atomic E-state index is -1.13. The van der Waals surface area contributed by atoms with Crippen LogP contribution in [-0.2, 0) is 17.2 Å². The third-order valence-corrected chi connectivity index (χ3v) is 5.16. The van der Waals surface area contributed by atoms with Crippen LogP contribution in [0.2, 0.25) is 5.02 Å². The van der Waals surface area contributed by atoms with Crippen molar-refractivity contribution in [2.24, 2.45) is 10.9 Å². The van der Waals surface area contributed by atoms with E-state index >= 15 is 0 Å². The van der Waals surface area contributed by atoms with Gasteiger partial charge in [0, 0.05) is 9.77 Å². The molecule has 0 bridgehead atoms. The molecule has 1 heterocycles. The monoisotopic (exact) mass is 343 g/mol. The quantitative estimate of drug-likeness (QED) is 0.460. The third kappa shape index (κ3) is 4.27. The Morgan fingerprint density at radius 3 is 2.76 bits per heavy atom. The van der Waals surface area contributed by atoms with Crippen molar-refractivity contribution in [2.75, 3.05) is 0 Å². The molecule has 1 aromatic rings. The molecule has 1 aliphatic heterocycles. The maximum absolute atomic E-state index is 11.9. The molecule has 2 atom stereocenters. The van der Waals surface area contributed by atoms with Crippen LogP contribution in [-0.4, -0.2) is 25.9 Å². The van der Waals surface area contributed by atoms with Crippen molar-refractivity contribution in [3.63, 3.8) is 0 Å². The van der Waals surface area contributed by atoms with Crippen LogP contribution in [0.5, 0.6) is 0 Å². The van der Waals surface area contributed by atoms with Gasteiger partial charge in [-0.05, 0) is 51.0 Å². The maximum Gasteiger partial charge on any atom is 0.355 e. The van der Waals surface area contributed by atoms with E-state index in [2.05, 4.69) is 9.66 Å². The first-order valence-corrected chi connectivity index (χ1v) is 8.54. The van der Waals surface area contributed by atoms with Gasteiger partial charge in [0.1, 0.15) is 21.9 Å². The van der Waals surface area contributed by atoms with Gasteiger partial charge < -0.3 is 0 Å². The van der Waals surface area contributed by atoms with Crippen LogP contribution in [0.15, 0.2) is 23.2 Å². The largest absolute Gasteiger partial charge is 0.355 e. The predicted molar refractivity (Wildman–Crippen MR) is 93.8 cm³/mol. The van der Waals surface area contributed by atoms with Gasteiger partial charge in [-0.3, -0.25) is 0 Å². The lowest BCUT2D eigenvalue weighted by atomic mass is 9.97. The van der Waals surface area contributed by atoms with Gasteiger partial charge in [-0.15, -0.1) is 0 Å². The van der Waals surface area contributed by atoms with Crippen LogP contribution < -0.4 is 4.67 Å². The van der Waals surface area contributed by atoms with Gasteiger partial charge in [0.05, 0.1) is 5.69 Å². The molecule has 0 radical (unpaired) electrons. The summed E-state index contributed by atoms with van der Waals surface area (Å²) in [7, 11) is -1.13. The van der Waals surface area contributed by atoms with E-state index in [0.717, 1.165) is 11.3 Å². The van der Waals surface area contributed by atoms with Crippen LogP contribution in [0.25, 0.3) is 0 Å². The van der Waals surface area contributed by atoms with Crippen molar-refractivity contribution in [1.82, 2.24) is 4.67 Å². The number of rotatable bonds is 2. The van der Waals surface area contributed by atoms with E-state index in [1.807, 2.05) is 32.9 Å². The highest BCUT2D eigenvalue weighted by Gasteiger charge is 2.25. The fraction of sp³-hybridized carbons (Fsp3) is 0.400. The average molecular weight is 344 g/mol. The van der Waals surface area contributed by atoms with Crippen molar-refractivity contribution in [2.45, 2.75) is 31.9 Å². The average Bonchev–Trinajstić information content (AvgIpc) is 2.38. The summed E-state index contributed by atoms with van der Waals surface area (Å²) in [5.41, 5.74) is 3.34. The molecular weight excluding hydrogens is 327 g/mol. The van der Waals surface area contributed by atoms with E-state index in [-0.39, 0.29) is 10.7 Å². The summed E-state index contributed by atoms with van der Waals surface area (Å²) in [5, 5.41) is 1.17. The second-order valence-corrected chi connectivity index (χ2v) is 8.69. The Balaban J connectivity index is 2.20. The zero-order valence-electron chi connectivity index (χ0n) is 12.1. The molecular formula is C15H17Cl2N2OS+. The Morgan fingerprint density at radius 2 is 2.10 bits per heavy atom. The summed E-state index contributed by atoms with van der Waals surface area (Å²) < 4.78 is 15.7. The van der Waals surface area contributed by atoms with Gasteiger partial charge in [-0.25, -0.2) is 9.20 Å². The Kier molecular flexibility index (Phi) is 5.05. The minimum absolute atomic E-state index is 0.106. The lowest BCUT2D eigenvalue weighted by molar-refractivity contribution is 0.659. The molecule has 0 aliphatic carbocycles. The van der Waals surface area contributed by atoms with Gasteiger partial charge >= 0.3 is 5.55 Å². The van der Waals surface area contributed by atoms with E-state index in [4.69, 9.17) is 23.2 Å². The topological polar surface area (TPSA) is 43.5 Å². The number of halogens is 2. The highest BCUT2D eigenvalue weighted by atomic mass is 35.5. The smallest absolute Gasteiger partial charge is 0.247 e. The molecule has 0 saturated carbocycles. The Morgan fingerprint density at radius 1 is 1.38 bits per heavy atom. The normalized spacial score (nSPS) is 19.1. The van der Waals surface area contributed by atoms with Crippen molar-refractivity contribution < 1.29 is 4.21 Å². The van der Waals surface area contributed by atoms with E-state index in [9.17, 15) is 4.21 Å². The molecule has 3 nitrogen and oxygen atoms in total. The van der Waals surface area contributed by atoms with Crippen LogP contribution in [0.3, 0.4) is 0 Å². The predicted octanol–water partition coefficient (Wildman–Crippen LogP) is 3.49. The van der Waals surface area contributed by atoms with Crippen LogP contribution >= 0.6 is 23.2 Å². The molecule has 0 fully saturated rings. The first-order valence-electron chi connectivity index (χ1n) is 6.57. The highest BCUT2D eigenvalue weighted by Crippen LogP contribution is 2.31. The molecule has 0 saturated heterocycles. The Labute approximate surface area is 137 Å². The zero-order chi connectivity index (χ0) is 15.6. The molecule has 0 aromatic heterocycles. The summed E-state index contributed by atoms with van der Waals surface area (Å²) >= 11 is 12.2. The molecule has 0 spiro atoms. The van der Waals surface area contributed by atoms with E-state index in [0.29, 0.717) is 16.6 Å². The van der Waals surface area contributed by atoms with Crippen LogP contribution in [0.1, 0.15) is 26.3 Å². The molecule has 21 heavy (non-hydrogen) atoms. The third-order valence-electron chi connectivity index (χ3n) is 3.04. The lowest BCUT2D eigenvalue weighted by Gasteiger charge is -2.15. The molecule has 1 aliphatic rings. The van der Waals surface area contributed by atoms with E-state index in [1.165, 1.54) is 5.55 Å². The number of nitrogens with zero attached hydrogens (tertiary/aromatic N) is 2. The first kappa shape index (κ1) is 16.4. The standard InChI is InChI=1S/C15H17Cl2N2OS/c1-15(2,3)21(20)9-18-8-11-6-10-7-12(16)4-5-13(10)19-14(11)17/h4-5,7-9,11H,6H2,1-3H3/q+1. The lowest BCUT2D eigenvalue weighted by Crippen LogP contribution is -2.24. The van der Waals surface area contributed by atoms with E-state index < -0.39 is 10.8 Å². The zero-order valence-corrected chi connectivity index (χ0v) is 14.5. The highest BCUT2D eigenvalue weighted by molar-refractivity contribution is 7.99. The molecule has 2 rings (SSSR count). The number of hydrogen-bond acceptors (Lipinski definition) is 2. The van der Waals surface area contributed by atoms with Crippen LogP contribution in [0, 0.1) is 5.92 Å². The molecule has 0 amide bonds. The summed E-state index contributed by atoms with van der Waals surface area (Å²) in [6.45, 7) is 5.72. The van der Waals surface area contributed by atoms with Crippen molar-refractivity contribution >= 4 is 56.6 Å². The summed E-state index contributed by atoms with van der Waals surface area (Å²) in [5.74, 6) is -0.106. The Hall–Kier alpha value is -0.930. The van der Waals surface area contributed by atoms with Gasteiger partial charge in [0.15, 0.2) is 0 Å². The fourth-order valence-corrected chi connectivity index (χ4v) is 2.73. The summed E-state index contributed by atoms with van der Waals surface area (Å²) in [4.78, 5) is 4.36. The van der Waals surface area contributed by atoms with Gasteiger partial charge in [-0.1, -0.05) is 27.9 Å². The van der Waals surface area contributed by atoms with Gasteiger partial charge in [0.2, 0.25) is 0 Å². The number of hydrogen-bond donors (Lipinski definition) is 0. The minimum Gasteiger partial charge on any atom is -0.247 e. The molecule has 112 valence electrons. The molecule has 6 heteroatoms. The molecule has 0 N–H and O–H groups in total. The second-order valence-electron chi connectivity index (χ2n) is 5.83. The number of fused-ring (bicyclic) bond motifs is 1. The van der Waals surface area contributed by atoms with E-state index in [1.54, 1.807) is 12.3 Å². The Bertz CT molecular complexity index is 671. The number of benzene rings is 1. The fourth-order valence-electron chi connectivity index (χ4n) is 1.81. The summed E-state index contributed by atoms with van der Waals surface area (Å²) in [6.07, 6.45) is 2.39.